The molecule has 0 spiro atoms. The van der Waals surface area contributed by atoms with Crippen LogP contribution in [0.3, 0.4) is 0 Å². The van der Waals surface area contributed by atoms with Crippen LogP contribution in [-0.2, 0) is 0 Å². The number of nitrogens with one attached hydrogen (secondary N) is 1. The molecular formula is C18H23NO. The highest BCUT2D eigenvalue weighted by atomic mass is 16.5. The van der Waals surface area contributed by atoms with Gasteiger partial charge in [-0.25, -0.2) is 0 Å². The van der Waals surface area contributed by atoms with Crippen LogP contribution in [0.15, 0.2) is 48.5 Å². The van der Waals surface area contributed by atoms with E-state index >= 15 is 0 Å². The molecule has 0 fully saturated rings. The lowest BCUT2D eigenvalue weighted by Gasteiger charge is -2.12. The molecule has 0 aliphatic heterocycles. The van der Waals surface area contributed by atoms with Crippen LogP contribution < -0.4 is 10.1 Å². The number of ether oxygens (including phenoxy) is 1. The maximum absolute atomic E-state index is 5.86. The average Bonchev–Trinajstić information content (AvgIpc) is 2.48. The molecule has 2 nitrogen and oxygen atoms in total. The zero-order valence-electron chi connectivity index (χ0n) is 12.7. The summed E-state index contributed by atoms with van der Waals surface area (Å²) in [5, 5.41) is 3.23. The molecule has 106 valence electrons. The molecule has 1 unspecified atom stereocenters. The maximum Gasteiger partial charge on any atom is 0.127 e. The van der Waals surface area contributed by atoms with Crippen LogP contribution in [0, 0.1) is 0 Å². The summed E-state index contributed by atoms with van der Waals surface area (Å²) in [6.07, 6.45) is 0. The summed E-state index contributed by atoms with van der Waals surface area (Å²) >= 11 is 0. The molecule has 0 radical (unpaired) electrons. The van der Waals surface area contributed by atoms with Crippen molar-refractivity contribution < 1.29 is 4.74 Å². The number of hydrogen-bond acceptors (Lipinski definition) is 2. The minimum absolute atomic E-state index is 0.356. The smallest absolute Gasteiger partial charge is 0.127 e. The van der Waals surface area contributed by atoms with Gasteiger partial charge in [-0.2, -0.15) is 0 Å². The third-order valence-corrected chi connectivity index (χ3v) is 3.60. The molecule has 0 saturated heterocycles. The van der Waals surface area contributed by atoms with Gasteiger partial charge in [0, 0.05) is 6.04 Å². The molecule has 0 saturated carbocycles. The van der Waals surface area contributed by atoms with E-state index in [0.29, 0.717) is 12.0 Å². The van der Waals surface area contributed by atoms with E-state index in [1.165, 1.54) is 11.1 Å². The van der Waals surface area contributed by atoms with Crippen molar-refractivity contribution in [1.82, 2.24) is 5.32 Å². The highest BCUT2D eigenvalue weighted by Gasteiger charge is 2.04. The molecule has 2 rings (SSSR count). The van der Waals surface area contributed by atoms with Gasteiger partial charge in [-0.15, -0.1) is 0 Å². The van der Waals surface area contributed by atoms with Gasteiger partial charge in [0.05, 0.1) is 0 Å². The van der Waals surface area contributed by atoms with Crippen molar-refractivity contribution in [3.63, 3.8) is 0 Å². The van der Waals surface area contributed by atoms with Crippen LogP contribution in [-0.4, -0.2) is 7.05 Å². The lowest BCUT2D eigenvalue weighted by molar-refractivity contribution is 0.481. The second kappa shape index (κ2) is 6.58. The molecule has 20 heavy (non-hydrogen) atoms. The zero-order chi connectivity index (χ0) is 14.5. The van der Waals surface area contributed by atoms with Crippen molar-refractivity contribution in [2.45, 2.75) is 32.7 Å². The van der Waals surface area contributed by atoms with Gasteiger partial charge in [0.1, 0.15) is 11.5 Å². The summed E-state index contributed by atoms with van der Waals surface area (Å²) in [7, 11) is 1.96. The Morgan fingerprint density at radius 3 is 1.60 bits per heavy atom. The second-order valence-electron chi connectivity index (χ2n) is 5.41. The second-order valence-corrected chi connectivity index (χ2v) is 5.41. The molecule has 0 aliphatic rings. The topological polar surface area (TPSA) is 21.3 Å². The fourth-order valence-corrected chi connectivity index (χ4v) is 2.05. The van der Waals surface area contributed by atoms with Gasteiger partial charge in [0.25, 0.3) is 0 Å². The van der Waals surface area contributed by atoms with Crippen molar-refractivity contribution in [2.75, 3.05) is 7.05 Å². The fraction of sp³-hybridized carbons (Fsp3) is 0.333. The van der Waals surface area contributed by atoms with E-state index < -0.39 is 0 Å². The van der Waals surface area contributed by atoms with Crippen LogP contribution in [0.25, 0.3) is 0 Å². The van der Waals surface area contributed by atoms with Crippen molar-refractivity contribution >= 4 is 0 Å². The molecule has 0 aliphatic carbocycles. The van der Waals surface area contributed by atoms with Gasteiger partial charge in [-0.1, -0.05) is 38.1 Å². The molecule has 0 amide bonds. The molecule has 0 heterocycles. The quantitative estimate of drug-likeness (QED) is 0.835. The maximum atomic E-state index is 5.86. The van der Waals surface area contributed by atoms with Crippen LogP contribution in [0.4, 0.5) is 0 Å². The third kappa shape index (κ3) is 3.61. The van der Waals surface area contributed by atoms with Crippen LogP contribution in [0.2, 0.25) is 0 Å². The van der Waals surface area contributed by atoms with Gasteiger partial charge in [-0.05, 0) is 55.3 Å². The Kier molecular flexibility index (Phi) is 4.80. The predicted molar refractivity (Wildman–Crippen MR) is 84.5 cm³/mol. The number of benzene rings is 2. The molecule has 1 N–H and O–H groups in total. The van der Waals surface area contributed by atoms with Crippen LogP contribution >= 0.6 is 0 Å². The standard InChI is InChI=1S/C18H23NO/c1-13(2)15-5-9-17(10-6-15)20-18-11-7-16(8-12-18)14(3)19-4/h5-14,19H,1-4H3. The highest BCUT2D eigenvalue weighted by Crippen LogP contribution is 2.25. The molecule has 0 bridgehead atoms. The minimum Gasteiger partial charge on any atom is -0.457 e. The summed E-state index contributed by atoms with van der Waals surface area (Å²) in [6.45, 7) is 6.52. The predicted octanol–water partition coefficient (Wildman–Crippen LogP) is 4.88. The van der Waals surface area contributed by atoms with Crippen molar-refractivity contribution in [2.24, 2.45) is 0 Å². The molecule has 2 aromatic rings. The largest absolute Gasteiger partial charge is 0.457 e. The van der Waals surface area contributed by atoms with E-state index in [1.54, 1.807) is 0 Å². The van der Waals surface area contributed by atoms with E-state index in [1.807, 2.05) is 31.3 Å². The number of rotatable bonds is 5. The molecule has 1 atom stereocenters. The SMILES string of the molecule is CNC(C)c1ccc(Oc2ccc(C(C)C)cc2)cc1. The van der Waals surface area contributed by atoms with E-state index in [9.17, 15) is 0 Å². The Balaban J connectivity index is 2.06. The van der Waals surface area contributed by atoms with E-state index in [2.05, 4.69) is 50.4 Å². The van der Waals surface area contributed by atoms with Crippen molar-refractivity contribution in [3.05, 3.63) is 59.7 Å². The Bertz CT molecular complexity index is 528. The molecule has 2 aromatic carbocycles. The Morgan fingerprint density at radius 1 is 0.750 bits per heavy atom. The van der Waals surface area contributed by atoms with Crippen molar-refractivity contribution in [3.8, 4) is 11.5 Å². The molecule has 0 aromatic heterocycles. The van der Waals surface area contributed by atoms with Gasteiger partial charge < -0.3 is 10.1 Å². The monoisotopic (exact) mass is 269 g/mol. The van der Waals surface area contributed by atoms with Crippen LogP contribution in [0.5, 0.6) is 11.5 Å². The van der Waals surface area contributed by atoms with E-state index in [0.717, 1.165) is 11.5 Å². The Hall–Kier alpha value is -1.80. The summed E-state index contributed by atoms with van der Waals surface area (Å²) in [4.78, 5) is 0. The lowest BCUT2D eigenvalue weighted by Crippen LogP contribution is -2.11. The van der Waals surface area contributed by atoms with Crippen LogP contribution in [0.1, 0.15) is 43.9 Å². The Morgan fingerprint density at radius 2 is 1.20 bits per heavy atom. The van der Waals surface area contributed by atoms with E-state index in [4.69, 9.17) is 4.74 Å². The lowest BCUT2D eigenvalue weighted by atomic mass is 10.0. The zero-order valence-corrected chi connectivity index (χ0v) is 12.7. The summed E-state index contributed by atoms with van der Waals surface area (Å²) < 4.78 is 5.86. The van der Waals surface area contributed by atoms with Gasteiger partial charge in [-0.3, -0.25) is 0 Å². The first kappa shape index (κ1) is 14.6. The Labute approximate surface area is 121 Å². The number of hydrogen-bond donors (Lipinski definition) is 1. The van der Waals surface area contributed by atoms with Gasteiger partial charge in [0.2, 0.25) is 0 Å². The summed E-state index contributed by atoms with van der Waals surface area (Å²) in [5.74, 6) is 2.30. The first-order chi connectivity index (χ1) is 9.60. The molecule has 2 heteroatoms. The highest BCUT2D eigenvalue weighted by molar-refractivity contribution is 5.35. The normalized spacial score (nSPS) is 12.4. The van der Waals surface area contributed by atoms with Gasteiger partial charge in [0.15, 0.2) is 0 Å². The first-order valence-electron chi connectivity index (χ1n) is 7.15. The minimum atomic E-state index is 0.356. The average molecular weight is 269 g/mol. The van der Waals surface area contributed by atoms with Crippen molar-refractivity contribution in [1.29, 1.82) is 0 Å². The third-order valence-electron chi connectivity index (χ3n) is 3.60. The molecular weight excluding hydrogens is 246 g/mol. The van der Waals surface area contributed by atoms with E-state index in [-0.39, 0.29) is 0 Å². The summed E-state index contributed by atoms with van der Waals surface area (Å²) in [6, 6.07) is 16.9. The first-order valence-corrected chi connectivity index (χ1v) is 7.15. The van der Waals surface area contributed by atoms with Gasteiger partial charge >= 0.3 is 0 Å². The fourth-order valence-electron chi connectivity index (χ4n) is 2.05. The summed E-state index contributed by atoms with van der Waals surface area (Å²) in [5.41, 5.74) is 2.59.